The zero-order valence-corrected chi connectivity index (χ0v) is 19.2. The van der Waals surface area contributed by atoms with Crippen LogP contribution in [0.1, 0.15) is 56.2 Å². The molecule has 0 atom stereocenters. The number of nitrogens with zero attached hydrogens (tertiary/aromatic N) is 1. The van der Waals surface area contributed by atoms with E-state index in [0.717, 1.165) is 29.5 Å². The maximum absolute atomic E-state index is 13.3. The predicted molar refractivity (Wildman–Crippen MR) is 117 cm³/mol. The molecule has 2 amide bonds. The second kappa shape index (κ2) is 8.98. The Labute approximate surface area is 183 Å². The highest BCUT2D eigenvalue weighted by Gasteiger charge is 2.50. The molecule has 1 fully saturated rings. The zero-order valence-electron chi connectivity index (χ0n) is 18.4. The highest BCUT2D eigenvalue weighted by Crippen LogP contribution is 2.45. The van der Waals surface area contributed by atoms with Gasteiger partial charge in [0.1, 0.15) is 5.76 Å². The Morgan fingerprint density at radius 1 is 1.20 bits per heavy atom. The zero-order chi connectivity index (χ0) is 22.1. The van der Waals surface area contributed by atoms with Gasteiger partial charge in [-0.3, -0.25) is 4.79 Å². The van der Waals surface area contributed by atoms with Crippen molar-refractivity contribution in [2.75, 3.05) is 21.2 Å². The number of hydrogen-bond donors (Lipinski definition) is 1. The number of benzene rings is 1. The topological polar surface area (TPSA) is 67.9 Å². The average Bonchev–Trinajstić information content (AvgIpc) is 2.98. The summed E-state index contributed by atoms with van der Waals surface area (Å²) in [6.07, 6.45) is 3.98. The molecule has 1 aliphatic carbocycles. The standard InChI is InChI=1S/C23H31ClN2O4/c1-6-14-12-16(24)13-15(7-2)18(14)19-20(30-22(28)26(3)4)23(25-21(19)27)10-8-17(29-5)9-11-23/h12-13,17H,6-11H2,1-5H3,(H,25,27). The Morgan fingerprint density at radius 2 is 1.77 bits per heavy atom. The molecule has 7 heteroatoms. The number of hydrogen-bond acceptors (Lipinski definition) is 4. The lowest BCUT2D eigenvalue weighted by Gasteiger charge is -2.38. The summed E-state index contributed by atoms with van der Waals surface area (Å²) in [5, 5.41) is 3.82. The molecule has 2 aliphatic rings. The molecule has 0 aromatic heterocycles. The van der Waals surface area contributed by atoms with Crippen LogP contribution >= 0.6 is 11.6 Å². The normalized spacial score (nSPS) is 23.7. The number of halogens is 1. The summed E-state index contributed by atoms with van der Waals surface area (Å²) in [6, 6.07) is 3.79. The van der Waals surface area contributed by atoms with Crippen molar-refractivity contribution in [1.29, 1.82) is 0 Å². The Kier molecular flexibility index (Phi) is 6.78. The SMILES string of the molecule is CCc1cc(Cl)cc(CC)c1C1=C(OC(=O)N(C)C)C2(CCC(OC)CC2)NC1=O. The molecule has 1 heterocycles. The number of methoxy groups -OCH3 is 1. The maximum atomic E-state index is 13.3. The minimum atomic E-state index is -0.692. The number of carbonyl (C=O) groups is 2. The van der Waals surface area contributed by atoms with Crippen LogP contribution in [-0.4, -0.2) is 49.7 Å². The number of amides is 2. The van der Waals surface area contributed by atoms with Crippen LogP contribution in [0.5, 0.6) is 0 Å². The van der Waals surface area contributed by atoms with Crippen molar-refractivity contribution in [1.82, 2.24) is 10.2 Å². The minimum Gasteiger partial charge on any atom is -0.411 e. The Hall–Kier alpha value is -2.05. The van der Waals surface area contributed by atoms with Crippen LogP contribution in [0.4, 0.5) is 4.79 Å². The first-order chi connectivity index (χ1) is 14.3. The van der Waals surface area contributed by atoms with E-state index >= 15 is 0 Å². The largest absolute Gasteiger partial charge is 0.414 e. The van der Waals surface area contributed by atoms with Crippen LogP contribution < -0.4 is 5.32 Å². The third kappa shape index (κ3) is 4.08. The van der Waals surface area contributed by atoms with Crippen molar-refractivity contribution in [3.63, 3.8) is 0 Å². The first kappa shape index (κ1) is 22.6. The lowest BCUT2D eigenvalue weighted by atomic mass is 9.78. The Bertz CT molecular complexity index is 845. The number of rotatable bonds is 5. The summed E-state index contributed by atoms with van der Waals surface area (Å²) in [5.74, 6) is 0.242. The van der Waals surface area contributed by atoms with E-state index in [1.807, 2.05) is 26.0 Å². The van der Waals surface area contributed by atoms with Crippen molar-refractivity contribution >= 4 is 29.2 Å². The van der Waals surface area contributed by atoms with Gasteiger partial charge in [0, 0.05) is 26.2 Å². The van der Waals surface area contributed by atoms with E-state index < -0.39 is 11.6 Å². The summed E-state index contributed by atoms with van der Waals surface area (Å²) in [5.41, 5.74) is 2.57. The first-order valence-electron chi connectivity index (χ1n) is 10.6. The third-order valence-corrected chi connectivity index (χ3v) is 6.41. The number of aryl methyl sites for hydroxylation is 2. The van der Waals surface area contributed by atoms with Gasteiger partial charge < -0.3 is 19.7 Å². The van der Waals surface area contributed by atoms with Crippen molar-refractivity contribution in [3.8, 4) is 0 Å². The molecule has 1 aromatic rings. The molecule has 0 radical (unpaired) electrons. The highest BCUT2D eigenvalue weighted by molar-refractivity contribution is 6.31. The van der Waals surface area contributed by atoms with Crippen LogP contribution in [0, 0.1) is 0 Å². The number of ether oxygens (including phenoxy) is 2. The van der Waals surface area contributed by atoms with E-state index in [0.29, 0.717) is 42.0 Å². The van der Waals surface area contributed by atoms with E-state index in [9.17, 15) is 9.59 Å². The fourth-order valence-electron chi connectivity index (χ4n) is 4.51. The van der Waals surface area contributed by atoms with Crippen LogP contribution in [0.3, 0.4) is 0 Å². The Balaban J connectivity index is 2.21. The molecule has 1 spiro atoms. The smallest absolute Gasteiger partial charge is 0.411 e. The quantitative estimate of drug-likeness (QED) is 0.748. The molecule has 164 valence electrons. The lowest BCUT2D eigenvalue weighted by Crippen LogP contribution is -2.49. The second-order valence-corrected chi connectivity index (χ2v) is 8.68. The molecule has 6 nitrogen and oxygen atoms in total. The number of carbonyl (C=O) groups excluding carboxylic acids is 2. The molecule has 3 rings (SSSR count). The number of nitrogens with one attached hydrogen (secondary N) is 1. The van der Waals surface area contributed by atoms with Gasteiger partial charge in [-0.1, -0.05) is 25.4 Å². The molecule has 1 aliphatic heterocycles. The van der Waals surface area contributed by atoms with Crippen molar-refractivity contribution < 1.29 is 19.1 Å². The third-order valence-electron chi connectivity index (χ3n) is 6.19. The van der Waals surface area contributed by atoms with Gasteiger partial charge in [-0.2, -0.15) is 0 Å². The summed E-state index contributed by atoms with van der Waals surface area (Å²) >= 11 is 6.34. The molecule has 0 saturated heterocycles. The minimum absolute atomic E-state index is 0.148. The van der Waals surface area contributed by atoms with Crippen molar-refractivity contribution in [2.24, 2.45) is 0 Å². The molecule has 30 heavy (non-hydrogen) atoms. The molecular formula is C23H31ClN2O4. The molecule has 1 N–H and O–H groups in total. The van der Waals surface area contributed by atoms with Crippen molar-refractivity contribution in [2.45, 2.75) is 64.0 Å². The van der Waals surface area contributed by atoms with E-state index in [-0.39, 0.29) is 12.0 Å². The molecule has 1 saturated carbocycles. The van der Waals surface area contributed by atoms with Gasteiger partial charge in [0.05, 0.1) is 17.2 Å². The monoisotopic (exact) mass is 434 g/mol. The molecule has 0 bridgehead atoms. The fourth-order valence-corrected chi connectivity index (χ4v) is 4.77. The van der Waals surface area contributed by atoms with E-state index in [1.165, 1.54) is 4.90 Å². The maximum Gasteiger partial charge on any atom is 0.414 e. The van der Waals surface area contributed by atoms with Gasteiger partial charge in [0.15, 0.2) is 0 Å². The van der Waals surface area contributed by atoms with Crippen molar-refractivity contribution in [3.05, 3.63) is 39.6 Å². The first-order valence-corrected chi connectivity index (χ1v) is 10.9. The van der Waals surface area contributed by atoms with Gasteiger partial charge in [-0.05, 0) is 67.3 Å². The van der Waals surface area contributed by atoms with Gasteiger partial charge in [-0.15, -0.1) is 0 Å². The summed E-state index contributed by atoms with van der Waals surface area (Å²) in [4.78, 5) is 27.3. The fraction of sp³-hybridized carbons (Fsp3) is 0.565. The second-order valence-electron chi connectivity index (χ2n) is 8.24. The van der Waals surface area contributed by atoms with Crippen LogP contribution in [0.25, 0.3) is 5.57 Å². The highest BCUT2D eigenvalue weighted by atomic mass is 35.5. The average molecular weight is 435 g/mol. The molecular weight excluding hydrogens is 404 g/mol. The van der Waals surface area contributed by atoms with E-state index in [4.69, 9.17) is 21.1 Å². The van der Waals surface area contributed by atoms with Gasteiger partial charge in [0.25, 0.3) is 5.91 Å². The van der Waals surface area contributed by atoms with Crippen LogP contribution in [0.15, 0.2) is 17.9 Å². The Morgan fingerprint density at radius 3 is 2.23 bits per heavy atom. The van der Waals surface area contributed by atoms with Gasteiger partial charge in [0.2, 0.25) is 0 Å². The summed E-state index contributed by atoms with van der Waals surface area (Å²) in [7, 11) is 4.98. The van der Waals surface area contributed by atoms with E-state index in [1.54, 1.807) is 21.2 Å². The summed E-state index contributed by atoms with van der Waals surface area (Å²) < 4.78 is 11.4. The lowest BCUT2D eigenvalue weighted by molar-refractivity contribution is -0.116. The van der Waals surface area contributed by atoms with Gasteiger partial charge in [-0.25, -0.2) is 4.79 Å². The summed E-state index contributed by atoms with van der Waals surface area (Å²) in [6.45, 7) is 4.07. The van der Waals surface area contributed by atoms with Crippen LogP contribution in [-0.2, 0) is 27.1 Å². The molecule has 1 aromatic carbocycles. The van der Waals surface area contributed by atoms with E-state index in [2.05, 4.69) is 5.32 Å². The van der Waals surface area contributed by atoms with Crippen LogP contribution in [0.2, 0.25) is 5.02 Å². The van der Waals surface area contributed by atoms with Gasteiger partial charge >= 0.3 is 6.09 Å². The predicted octanol–water partition coefficient (Wildman–Crippen LogP) is 4.33. The molecule has 0 unspecified atom stereocenters.